The summed E-state index contributed by atoms with van der Waals surface area (Å²) in [7, 11) is 0. The molecule has 1 aromatic carbocycles. The van der Waals surface area contributed by atoms with Gasteiger partial charge in [0.2, 0.25) is 0 Å². The van der Waals surface area contributed by atoms with Gasteiger partial charge in [0.1, 0.15) is 0 Å². The van der Waals surface area contributed by atoms with E-state index in [9.17, 15) is 0 Å². The van der Waals surface area contributed by atoms with Crippen LogP contribution in [0.5, 0.6) is 0 Å². The summed E-state index contributed by atoms with van der Waals surface area (Å²) in [6.07, 6.45) is 10.7. The zero-order chi connectivity index (χ0) is 12.8. The van der Waals surface area contributed by atoms with Crippen molar-refractivity contribution in [2.45, 2.75) is 19.3 Å². The highest BCUT2D eigenvalue weighted by Crippen LogP contribution is 2.24. The maximum Gasteiger partial charge on any atom is 0.0453 e. The highest BCUT2D eigenvalue weighted by molar-refractivity contribution is 6.34. The van der Waals surface area contributed by atoms with Gasteiger partial charge in [0.15, 0.2) is 0 Å². The first-order valence-corrected chi connectivity index (χ1v) is 6.49. The van der Waals surface area contributed by atoms with Crippen LogP contribution in [0.25, 0.3) is 6.08 Å². The zero-order valence-electron chi connectivity index (χ0n) is 10.2. The lowest BCUT2D eigenvalue weighted by atomic mass is 10.0. The number of hydrogen-bond donors (Lipinski definition) is 1. The van der Waals surface area contributed by atoms with Crippen molar-refractivity contribution in [1.29, 1.82) is 5.41 Å². The van der Waals surface area contributed by atoms with Gasteiger partial charge in [-0.3, -0.25) is 0 Å². The molecule has 1 nitrogen and oxygen atoms in total. The highest BCUT2D eigenvalue weighted by atomic mass is 35.5. The Hall–Kier alpha value is -1.60. The van der Waals surface area contributed by atoms with Gasteiger partial charge in [0.25, 0.3) is 0 Å². The Balaban J connectivity index is 1.85. The molecule has 1 aliphatic rings. The van der Waals surface area contributed by atoms with Gasteiger partial charge in [0, 0.05) is 17.2 Å². The molecule has 18 heavy (non-hydrogen) atoms. The summed E-state index contributed by atoms with van der Waals surface area (Å²) in [6, 6.07) is 10.3. The Labute approximate surface area is 113 Å². The zero-order valence-corrected chi connectivity index (χ0v) is 11.0. The molecule has 0 amide bonds. The van der Waals surface area contributed by atoms with Crippen molar-refractivity contribution in [1.82, 2.24) is 0 Å². The van der Waals surface area contributed by atoms with Gasteiger partial charge in [-0.25, -0.2) is 0 Å². The van der Waals surface area contributed by atoms with E-state index in [-0.39, 0.29) is 0 Å². The minimum Gasteiger partial charge on any atom is -0.305 e. The van der Waals surface area contributed by atoms with Crippen LogP contribution in [0.3, 0.4) is 0 Å². The minimum absolute atomic E-state index is 0.587. The molecule has 0 bridgehead atoms. The Kier molecular flexibility index (Phi) is 4.54. The fourth-order valence-corrected chi connectivity index (χ4v) is 2.18. The van der Waals surface area contributed by atoms with Crippen LogP contribution in [0, 0.1) is 5.41 Å². The fraction of sp³-hybridized carbons (Fsp3) is 0.188. The second-order valence-corrected chi connectivity index (χ2v) is 4.71. The molecule has 0 unspecified atom stereocenters. The van der Waals surface area contributed by atoms with Gasteiger partial charge < -0.3 is 5.41 Å². The van der Waals surface area contributed by atoms with Crippen LogP contribution in [0.4, 0.5) is 0 Å². The predicted molar refractivity (Wildman–Crippen MR) is 79.1 cm³/mol. The van der Waals surface area contributed by atoms with E-state index in [1.54, 1.807) is 6.08 Å². The van der Waals surface area contributed by atoms with E-state index in [1.807, 2.05) is 18.2 Å². The molecule has 0 radical (unpaired) electrons. The standard InChI is InChI=1S/C16H16ClN/c17-16-12-15(18)11-10-14(16)9-5-4-8-13-6-2-1-3-7-13/h1-4,6-8,10,12,18H,5,9,11H2. The molecule has 0 aromatic heterocycles. The minimum atomic E-state index is 0.587. The van der Waals surface area contributed by atoms with E-state index >= 15 is 0 Å². The molecular weight excluding hydrogens is 242 g/mol. The second-order valence-electron chi connectivity index (χ2n) is 4.30. The van der Waals surface area contributed by atoms with Gasteiger partial charge in [-0.2, -0.15) is 0 Å². The molecule has 0 saturated heterocycles. The summed E-state index contributed by atoms with van der Waals surface area (Å²) in [5, 5.41) is 8.24. The molecule has 0 aliphatic heterocycles. The van der Waals surface area contributed by atoms with Crippen LogP contribution in [-0.4, -0.2) is 5.71 Å². The average molecular weight is 258 g/mol. The lowest BCUT2D eigenvalue weighted by Crippen LogP contribution is -1.99. The summed E-state index contributed by atoms with van der Waals surface area (Å²) in [4.78, 5) is 0. The van der Waals surface area contributed by atoms with Gasteiger partial charge in [-0.15, -0.1) is 0 Å². The largest absolute Gasteiger partial charge is 0.305 e. The number of nitrogens with one attached hydrogen (secondary N) is 1. The molecule has 92 valence electrons. The van der Waals surface area contributed by atoms with Crippen LogP contribution in [0.15, 0.2) is 59.2 Å². The maximum atomic E-state index is 7.52. The molecule has 0 fully saturated rings. The van der Waals surface area contributed by atoms with E-state index in [2.05, 4.69) is 30.4 Å². The molecule has 0 spiro atoms. The molecule has 1 aromatic rings. The van der Waals surface area contributed by atoms with Gasteiger partial charge >= 0.3 is 0 Å². The molecule has 0 saturated carbocycles. The van der Waals surface area contributed by atoms with Crippen LogP contribution < -0.4 is 0 Å². The lowest BCUT2D eigenvalue weighted by Gasteiger charge is -2.10. The van der Waals surface area contributed by atoms with Crippen molar-refractivity contribution >= 4 is 23.4 Å². The third-order valence-corrected chi connectivity index (χ3v) is 3.22. The highest BCUT2D eigenvalue weighted by Gasteiger charge is 2.07. The number of halogens is 1. The summed E-state index contributed by atoms with van der Waals surface area (Å²) in [5.41, 5.74) is 2.97. The quantitative estimate of drug-likeness (QED) is 0.789. The number of allylic oxidation sites excluding steroid dienone is 5. The maximum absolute atomic E-state index is 7.52. The van der Waals surface area contributed by atoms with E-state index in [4.69, 9.17) is 17.0 Å². The Morgan fingerprint density at radius 2 is 2.00 bits per heavy atom. The summed E-state index contributed by atoms with van der Waals surface area (Å²) < 4.78 is 0. The van der Waals surface area contributed by atoms with Gasteiger partial charge in [0.05, 0.1) is 0 Å². The molecule has 2 heteroatoms. The predicted octanol–water partition coefficient (Wildman–Crippen LogP) is 4.95. The number of hydrogen-bond acceptors (Lipinski definition) is 1. The van der Waals surface area contributed by atoms with Gasteiger partial charge in [-0.05, 0) is 30.1 Å². The Bertz CT molecular complexity index is 509. The summed E-state index contributed by atoms with van der Waals surface area (Å²) in [5.74, 6) is 0. The Morgan fingerprint density at radius 1 is 1.22 bits per heavy atom. The van der Waals surface area contributed by atoms with Crippen molar-refractivity contribution < 1.29 is 0 Å². The average Bonchev–Trinajstić information content (AvgIpc) is 2.38. The van der Waals surface area contributed by atoms with E-state index in [0.29, 0.717) is 12.1 Å². The van der Waals surface area contributed by atoms with E-state index < -0.39 is 0 Å². The van der Waals surface area contributed by atoms with Crippen LogP contribution in [0.1, 0.15) is 24.8 Å². The number of rotatable bonds is 4. The SMILES string of the molecule is N=C1C=C(Cl)C(CCC=Cc2ccccc2)=CC1. The van der Waals surface area contributed by atoms with E-state index in [1.165, 1.54) is 5.56 Å². The summed E-state index contributed by atoms with van der Waals surface area (Å²) in [6.45, 7) is 0. The van der Waals surface area contributed by atoms with Crippen molar-refractivity contribution in [3.8, 4) is 0 Å². The molecule has 2 rings (SSSR count). The fourth-order valence-electron chi connectivity index (χ4n) is 1.88. The van der Waals surface area contributed by atoms with Crippen LogP contribution in [0.2, 0.25) is 0 Å². The third kappa shape index (κ3) is 3.71. The van der Waals surface area contributed by atoms with Crippen molar-refractivity contribution in [2.24, 2.45) is 0 Å². The third-order valence-electron chi connectivity index (χ3n) is 2.87. The molecule has 0 atom stereocenters. The van der Waals surface area contributed by atoms with Crippen molar-refractivity contribution in [3.05, 3.63) is 64.7 Å². The second kappa shape index (κ2) is 6.36. The molecular formula is C16H16ClN. The summed E-state index contributed by atoms with van der Waals surface area (Å²) >= 11 is 6.10. The lowest BCUT2D eigenvalue weighted by molar-refractivity contribution is 0.994. The van der Waals surface area contributed by atoms with Crippen LogP contribution in [-0.2, 0) is 0 Å². The molecule has 0 heterocycles. The monoisotopic (exact) mass is 257 g/mol. The first kappa shape index (κ1) is 12.8. The number of benzene rings is 1. The first-order chi connectivity index (χ1) is 8.75. The molecule has 1 aliphatic carbocycles. The normalized spacial score (nSPS) is 15.7. The smallest absolute Gasteiger partial charge is 0.0453 e. The first-order valence-electron chi connectivity index (χ1n) is 6.11. The molecule has 1 N–H and O–H groups in total. The Morgan fingerprint density at radius 3 is 2.72 bits per heavy atom. The van der Waals surface area contributed by atoms with Crippen molar-refractivity contribution in [2.75, 3.05) is 0 Å². The topological polar surface area (TPSA) is 23.9 Å². The van der Waals surface area contributed by atoms with Crippen molar-refractivity contribution in [3.63, 3.8) is 0 Å². The van der Waals surface area contributed by atoms with Crippen LogP contribution >= 0.6 is 11.6 Å². The van der Waals surface area contributed by atoms with E-state index in [0.717, 1.165) is 23.4 Å². The van der Waals surface area contributed by atoms with Gasteiger partial charge in [-0.1, -0.05) is 60.2 Å².